The second kappa shape index (κ2) is 8.35. The van der Waals surface area contributed by atoms with Gasteiger partial charge >= 0.3 is 0 Å². The standard InChI is InChI=1S/C14H22N4O2/c1-3-4-7-20-8-5-6-18(19)14-12(10-15)11(2)9-13(16)17-14/h9,19H,3-8H2,1-2H3,(H2,16,17). The number of nitriles is 1. The zero-order valence-electron chi connectivity index (χ0n) is 12.1. The van der Waals surface area contributed by atoms with Crippen molar-refractivity contribution >= 4 is 11.6 Å². The molecule has 1 aromatic heterocycles. The van der Waals surface area contributed by atoms with E-state index in [1.165, 1.54) is 0 Å². The van der Waals surface area contributed by atoms with Crippen molar-refractivity contribution in [3.05, 3.63) is 17.2 Å². The van der Waals surface area contributed by atoms with E-state index in [-0.39, 0.29) is 11.6 Å². The lowest BCUT2D eigenvalue weighted by Crippen LogP contribution is -2.23. The lowest BCUT2D eigenvalue weighted by molar-refractivity contribution is 0.123. The van der Waals surface area contributed by atoms with Crippen LogP contribution in [0.25, 0.3) is 0 Å². The molecule has 0 aromatic carbocycles. The Labute approximate surface area is 119 Å². The predicted molar refractivity (Wildman–Crippen MR) is 77.6 cm³/mol. The van der Waals surface area contributed by atoms with Crippen molar-refractivity contribution in [1.82, 2.24) is 4.98 Å². The number of aromatic nitrogens is 1. The fourth-order valence-electron chi connectivity index (χ4n) is 1.78. The lowest BCUT2D eigenvalue weighted by atomic mass is 10.1. The number of rotatable bonds is 8. The van der Waals surface area contributed by atoms with Gasteiger partial charge in [0.25, 0.3) is 0 Å². The lowest BCUT2D eigenvalue weighted by Gasteiger charge is -2.18. The third-order valence-corrected chi connectivity index (χ3v) is 2.87. The molecule has 0 saturated carbocycles. The number of pyridine rings is 1. The largest absolute Gasteiger partial charge is 0.384 e. The molecule has 0 bridgehead atoms. The predicted octanol–water partition coefficient (Wildman–Crippen LogP) is 2.25. The van der Waals surface area contributed by atoms with Crippen molar-refractivity contribution in [2.24, 2.45) is 0 Å². The maximum atomic E-state index is 9.99. The van der Waals surface area contributed by atoms with Crippen LogP contribution in [0.5, 0.6) is 0 Å². The zero-order valence-corrected chi connectivity index (χ0v) is 12.1. The molecule has 110 valence electrons. The van der Waals surface area contributed by atoms with Crippen molar-refractivity contribution in [1.29, 1.82) is 5.26 Å². The molecule has 0 amide bonds. The normalized spacial score (nSPS) is 10.3. The minimum Gasteiger partial charge on any atom is -0.384 e. The molecule has 1 aromatic rings. The Morgan fingerprint density at radius 3 is 2.80 bits per heavy atom. The number of hydrogen-bond acceptors (Lipinski definition) is 6. The Bertz CT molecular complexity index is 471. The van der Waals surface area contributed by atoms with Crippen molar-refractivity contribution in [3.63, 3.8) is 0 Å². The molecule has 3 N–H and O–H groups in total. The van der Waals surface area contributed by atoms with Crippen LogP contribution in [0.4, 0.5) is 11.6 Å². The van der Waals surface area contributed by atoms with Crippen LogP contribution in [0.1, 0.15) is 37.3 Å². The summed E-state index contributed by atoms with van der Waals surface area (Å²) in [6.45, 7) is 5.52. The van der Waals surface area contributed by atoms with E-state index in [1.54, 1.807) is 13.0 Å². The summed E-state index contributed by atoms with van der Waals surface area (Å²) in [5.41, 5.74) is 6.69. The Hall–Kier alpha value is -1.84. The summed E-state index contributed by atoms with van der Waals surface area (Å²) in [7, 11) is 0. The summed E-state index contributed by atoms with van der Waals surface area (Å²) in [4.78, 5) is 4.02. The van der Waals surface area contributed by atoms with Crippen LogP contribution < -0.4 is 10.8 Å². The van der Waals surface area contributed by atoms with Crippen molar-refractivity contribution < 1.29 is 9.94 Å². The number of ether oxygens (including phenoxy) is 1. The third-order valence-electron chi connectivity index (χ3n) is 2.87. The summed E-state index contributed by atoms with van der Waals surface area (Å²) in [5, 5.41) is 20.1. The van der Waals surface area contributed by atoms with E-state index in [0.717, 1.165) is 24.5 Å². The average Bonchev–Trinajstić information content (AvgIpc) is 2.41. The van der Waals surface area contributed by atoms with Crippen LogP contribution in [0.15, 0.2) is 6.07 Å². The molecule has 0 atom stereocenters. The molecule has 0 aliphatic rings. The van der Waals surface area contributed by atoms with Crippen LogP contribution in [-0.4, -0.2) is 29.9 Å². The maximum absolute atomic E-state index is 9.99. The highest BCUT2D eigenvalue weighted by Crippen LogP contribution is 2.21. The average molecular weight is 278 g/mol. The van der Waals surface area contributed by atoms with E-state index < -0.39 is 0 Å². The quantitative estimate of drug-likeness (QED) is 0.559. The second-order valence-corrected chi connectivity index (χ2v) is 4.62. The van der Waals surface area contributed by atoms with E-state index in [0.29, 0.717) is 30.7 Å². The Morgan fingerprint density at radius 2 is 2.15 bits per heavy atom. The van der Waals surface area contributed by atoms with Gasteiger partial charge in [0.1, 0.15) is 11.9 Å². The first-order chi connectivity index (χ1) is 9.60. The number of nitrogens with zero attached hydrogens (tertiary/aromatic N) is 3. The Kier molecular flexibility index (Phi) is 6.77. The van der Waals surface area contributed by atoms with Gasteiger partial charge in [-0.2, -0.15) is 5.26 Å². The van der Waals surface area contributed by atoms with Crippen LogP contribution in [0, 0.1) is 18.3 Å². The number of anilines is 2. The highest BCUT2D eigenvalue weighted by molar-refractivity contribution is 5.59. The molecular formula is C14H22N4O2. The number of unbranched alkanes of at least 4 members (excludes halogenated alkanes) is 1. The second-order valence-electron chi connectivity index (χ2n) is 4.62. The molecule has 0 aliphatic carbocycles. The van der Waals surface area contributed by atoms with Crippen LogP contribution in [-0.2, 0) is 4.74 Å². The summed E-state index contributed by atoms with van der Waals surface area (Å²) in [5.74, 6) is 0.494. The van der Waals surface area contributed by atoms with E-state index >= 15 is 0 Å². The van der Waals surface area contributed by atoms with Crippen molar-refractivity contribution in [2.75, 3.05) is 30.6 Å². The van der Waals surface area contributed by atoms with Gasteiger partial charge in [0.15, 0.2) is 5.82 Å². The fraction of sp³-hybridized carbons (Fsp3) is 0.571. The van der Waals surface area contributed by atoms with Crippen LogP contribution >= 0.6 is 0 Å². The Morgan fingerprint density at radius 1 is 1.45 bits per heavy atom. The van der Waals surface area contributed by atoms with Gasteiger partial charge < -0.3 is 10.5 Å². The van der Waals surface area contributed by atoms with E-state index in [2.05, 4.69) is 11.9 Å². The van der Waals surface area contributed by atoms with E-state index in [9.17, 15) is 5.21 Å². The molecule has 0 fully saturated rings. The smallest absolute Gasteiger partial charge is 0.172 e. The minimum atomic E-state index is 0.207. The molecule has 0 unspecified atom stereocenters. The topological polar surface area (TPSA) is 95.4 Å². The molecule has 0 saturated heterocycles. The number of aryl methyl sites for hydroxylation is 1. The SMILES string of the molecule is CCCCOCCCN(O)c1nc(N)cc(C)c1C#N. The van der Waals surface area contributed by atoms with Gasteiger partial charge in [-0.25, -0.2) is 10.0 Å². The highest BCUT2D eigenvalue weighted by Gasteiger charge is 2.14. The molecule has 1 heterocycles. The summed E-state index contributed by atoms with van der Waals surface area (Å²) in [6, 6.07) is 3.65. The third kappa shape index (κ3) is 4.68. The van der Waals surface area contributed by atoms with Gasteiger partial charge in [0, 0.05) is 19.8 Å². The van der Waals surface area contributed by atoms with E-state index in [1.807, 2.05) is 6.07 Å². The molecule has 6 nitrogen and oxygen atoms in total. The first-order valence-electron chi connectivity index (χ1n) is 6.81. The monoisotopic (exact) mass is 278 g/mol. The van der Waals surface area contributed by atoms with Gasteiger partial charge in [-0.15, -0.1) is 0 Å². The molecule has 0 spiro atoms. The van der Waals surface area contributed by atoms with Crippen molar-refractivity contribution in [2.45, 2.75) is 33.1 Å². The zero-order chi connectivity index (χ0) is 15.0. The first kappa shape index (κ1) is 16.2. The number of nitrogen functional groups attached to an aromatic ring is 1. The molecule has 1 rings (SSSR count). The molecular weight excluding hydrogens is 256 g/mol. The molecule has 6 heteroatoms. The Balaban J connectivity index is 2.55. The van der Waals surface area contributed by atoms with Gasteiger partial charge in [-0.3, -0.25) is 5.21 Å². The van der Waals surface area contributed by atoms with Crippen molar-refractivity contribution in [3.8, 4) is 6.07 Å². The summed E-state index contributed by atoms with van der Waals surface area (Å²) in [6.07, 6.45) is 2.79. The minimum absolute atomic E-state index is 0.207. The summed E-state index contributed by atoms with van der Waals surface area (Å²) < 4.78 is 5.42. The number of nitrogens with two attached hydrogens (primary N) is 1. The van der Waals surface area contributed by atoms with Gasteiger partial charge in [-0.05, 0) is 31.4 Å². The van der Waals surface area contributed by atoms with Gasteiger partial charge in [0.05, 0.1) is 5.56 Å². The van der Waals surface area contributed by atoms with Gasteiger partial charge in [-0.1, -0.05) is 13.3 Å². The molecule has 0 aliphatic heterocycles. The fourth-order valence-corrected chi connectivity index (χ4v) is 1.78. The summed E-state index contributed by atoms with van der Waals surface area (Å²) >= 11 is 0. The number of hydroxylamine groups is 1. The maximum Gasteiger partial charge on any atom is 0.172 e. The molecule has 20 heavy (non-hydrogen) atoms. The van der Waals surface area contributed by atoms with Crippen LogP contribution in [0.3, 0.4) is 0 Å². The highest BCUT2D eigenvalue weighted by atomic mass is 16.5. The van der Waals surface area contributed by atoms with Gasteiger partial charge in [0.2, 0.25) is 0 Å². The van der Waals surface area contributed by atoms with E-state index in [4.69, 9.17) is 15.7 Å². The van der Waals surface area contributed by atoms with Crippen LogP contribution in [0.2, 0.25) is 0 Å². The molecule has 0 radical (unpaired) electrons. The first-order valence-corrected chi connectivity index (χ1v) is 6.81. The number of hydrogen-bond donors (Lipinski definition) is 2.